The minimum absolute atomic E-state index is 0.148. The molecule has 1 atom stereocenters. The summed E-state index contributed by atoms with van der Waals surface area (Å²) in [5.41, 5.74) is 2.39. The number of aliphatic hydroxyl groups is 1. The Morgan fingerprint density at radius 1 is 1.03 bits per heavy atom. The largest absolute Gasteiger partial charge is 0.489 e. The molecule has 2 aromatic carbocycles. The van der Waals surface area contributed by atoms with Crippen molar-refractivity contribution in [3.8, 4) is 5.75 Å². The highest BCUT2D eigenvalue weighted by atomic mass is 16.5. The molecule has 8 nitrogen and oxygen atoms in total. The van der Waals surface area contributed by atoms with E-state index in [9.17, 15) is 14.7 Å². The van der Waals surface area contributed by atoms with Gasteiger partial charge >= 0.3 is 0 Å². The van der Waals surface area contributed by atoms with Crippen LogP contribution in [0.3, 0.4) is 0 Å². The van der Waals surface area contributed by atoms with Gasteiger partial charge in [-0.15, -0.1) is 0 Å². The van der Waals surface area contributed by atoms with Gasteiger partial charge in [0, 0.05) is 37.6 Å². The van der Waals surface area contributed by atoms with E-state index in [2.05, 4.69) is 27.3 Å². The fourth-order valence-corrected chi connectivity index (χ4v) is 3.95. The third-order valence-corrected chi connectivity index (χ3v) is 5.97. The summed E-state index contributed by atoms with van der Waals surface area (Å²) >= 11 is 0. The molecule has 8 heteroatoms. The van der Waals surface area contributed by atoms with Crippen molar-refractivity contribution >= 4 is 17.5 Å². The summed E-state index contributed by atoms with van der Waals surface area (Å²) in [4.78, 5) is 34.2. The Labute approximate surface area is 218 Å². The number of carbonyl (C=O) groups excluding carboxylic acids is 2. The van der Waals surface area contributed by atoms with Crippen LogP contribution in [0.5, 0.6) is 5.75 Å². The third kappa shape index (κ3) is 7.87. The number of benzene rings is 2. The molecule has 37 heavy (non-hydrogen) atoms. The lowest BCUT2D eigenvalue weighted by Crippen LogP contribution is -2.41. The molecule has 0 saturated carbocycles. The quantitative estimate of drug-likeness (QED) is 0.364. The van der Waals surface area contributed by atoms with Gasteiger partial charge in [0.2, 0.25) is 0 Å². The first-order valence-corrected chi connectivity index (χ1v) is 12.6. The maximum Gasteiger partial charge on any atom is 0.258 e. The lowest BCUT2D eigenvalue weighted by molar-refractivity contribution is 0.0614. The predicted octanol–water partition coefficient (Wildman–Crippen LogP) is 4.08. The Morgan fingerprint density at radius 3 is 2.43 bits per heavy atom. The van der Waals surface area contributed by atoms with Gasteiger partial charge in [-0.3, -0.25) is 19.5 Å². The van der Waals surface area contributed by atoms with Gasteiger partial charge in [0.1, 0.15) is 6.61 Å². The number of nitrogens with one attached hydrogen (secondary N) is 1. The minimum atomic E-state index is -0.354. The molecule has 0 fully saturated rings. The van der Waals surface area contributed by atoms with Gasteiger partial charge < -0.3 is 20.1 Å². The van der Waals surface area contributed by atoms with Crippen molar-refractivity contribution in [1.29, 1.82) is 0 Å². The van der Waals surface area contributed by atoms with Crippen molar-refractivity contribution in [1.82, 2.24) is 14.8 Å². The fourth-order valence-electron chi connectivity index (χ4n) is 3.95. The van der Waals surface area contributed by atoms with Gasteiger partial charge in [-0.25, -0.2) is 0 Å². The second-order valence-corrected chi connectivity index (χ2v) is 8.97. The van der Waals surface area contributed by atoms with Gasteiger partial charge in [0.05, 0.1) is 23.9 Å². The number of ether oxygens (including phenoxy) is 1. The number of nitrogens with zero attached hydrogens (tertiary/aromatic N) is 3. The first-order valence-electron chi connectivity index (χ1n) is 12.6. The molecule has 0 aliphatic heterocycles. The second-order valence-electron chi connectivity index (χ2n) is 8.97. The lowest BCUT2D eigenvalue weighted by atomic mass is 10.1. The molecular weight excluding hydrogens is 468 g/mol. The normalized spacial score (nSPS) is 11.7. The van der Waals surface area contributed by atoms with Crippen LogP contribution in [-0.2, 0) is 6.54 Å². The zero-order valence-electron chi connectivity index (χ0n) is 21.8. The van der Waals surface area contributed by atoms with Gasteiger partial charge in [0.15, 0.2) is 5.75 Å². The number of pyridine rings is 1. The number of likely N-dealkylation sites (N-methyl/N-ethyl adjacent to an activating group) is 1. The molecule has 0 spiro atoms. The number of amides is 2. The summed E-state index contributed by atoms with van der Waals surface area (Å²) in [5.74, 6) is -0.266. The number of aliphatic hydroxyl groups excluding tert-OH is 1. The maximum atomic E-state index is 13.6. The number of anilines is 1. The zero-order chi connectivity index (χ0) is 26.6. The molecule has 0 radical (unpaired) electrons. The Bertz CT molecular complexity index is 1140. The van der Waals surface area contributed by atoms with Crippen LogP contribution in [0.15, 0.2) is 73.1 Å². The second kappa shape index (κ2) is 14.1. The van der Waals surface area contributed by atoms with Crippen LogP contribution in [0, 0.1) is 0 Å². The molecule has 0 bridgehead atoms. The monoisotopic (exact) mass is 504 g/mol. The minimum Gasteiger partial charge on any atom is -0.489 e. The molecule has 2 amide bonds. The van der Waals surface area contributed by atoms with Crippen LogP contribution in [-0.4, -0.2) is 71.1 Å². The van der Waals surface area contributed by atoms with Crippen LogP contribution in [0.1, 0.15) is 46.5 Å². The molecule has 196 valence electrons. The van der Waals surface area contributed by atoms with Crippen molar-refractivity contribution in [3.63, 3.8) is 0 Å². The molecule has 2 N–H and O–H groups in total. The van der Waals surface area contributed by atoms with Gasteiger partial charge in [-0.1, -0.05) is 43.3 Å². The van der Waals surface area contributed by atoms with Crippen LogP contribution >= 0.6 is 0 Å². The average Bonchev–Trinajstić information content (AvgIpc) is 2.92. The number of para-hydroxylation sites is 1. The number of hydrogen-bond donors (Lipinski definition) is 2. The third-order valence-electron chi connectivity index (χ3n) is 5.97. The SMILES string of the molecule is CCCN(C(=O)c1cccc(NC(=O)c2ccncc2)c1OCCN(C)Cc1ccccc1)C(C)CO. The lowest BCUT2D eigenvalue weighted by Gasteiger charge is -2.29. The summed E-state index contributed by atoms with van der Waals surface area (Å²) in [5, 5.41) is 12.6. The number of aromatic nitrogens is 1. The molecule has 3 aromatic rings. The predicted molar refractivity (Wildman–Crippen MR) is 145 cm³/mol. The zero-order valence-corrected chi connectivity index (χ0v) is 21.8. The van der Waals surface area contributed by atoms with Crippen LogP contribution < -0.4 is 10.1 Å². The molecule has 0 saturated heterocycles. The first kappa shape index (κ1) is 27.8. The Morgan fingerprint density at radius 2 is 1.76 bits per heavy atom. The number of hydrogen-bond acceptors (Lipinski definition) is 6. The van der Waals surface area contributed by atoms with E-state index in [0.29, 0.717) is 42.3 Å². The molecule has 1 aromatic heterocycles. The van der Waals surface area contributed by atoms with Crippen LogP contribution in [0.2, 0.25) is 0 Å². The van der Waals surface area contributed by atoms with Crippen molar-refractivity contribution in [2.24, 2.45) is 0 Å². The van der Waals surface area contributed by atoms with Crippen LogP contribution in [0.25, 0.3) is 0 Å². The molecule has 3 rings (SSSR count). The maximum absolute atomic E-state index is 13.6. The van der Waals surface area contributed by atoms with E-state index in [4.69, 9.17) is 4.74 Å². The molecular formula is C29H36N4O4. The van der Waals surface area contributed by atoms with E-state index in [1.807, 2.05) is 39.1 Å². The van der Waals surface area contributed by atoms with E-state index in [1.54, 1.807) is 47.6 Å². The van der Waals surface area contributed by atoms with Gasteiger partial charge in [-0.2, -0.15) is 0 Å². The standard InChI is InChI=1S/C29H36N4O4/c1-4-17-33(22(2)21-34)29(36)25-11-8-12-26(31-28(35)24-13-15-30-16-14-24)27(25)37-19-18-32(3)20-23-9-6-5-7-10-23/h5-16,22,34H,4,17-21H2,1-3H3,(H,31,35). The van der Waals surface area contributed by atoms with E-state index >= 15 is 0 Å². The topological polar surface area (TPSA) is 95.0 Å². The fraction of sp³-hybridized carbons (Fsp3) is 0.345. The summed E-state index contributed by atoms with van der Waals surface area (Å²) < 4.78 is 6.20. The Hall–Kier alpha value is -3.75. The summed E-state index contributed by atoms with van der Waals surface area (Å²) in [6.45, 7) is 5.82. The van der Waals surface area contributed by atoms with E-state index < -0.39 is 0 Å². The summed E-state index contributed by atoms with van der Waals surface area (Å²) in [7, 11) is 2.01. The highest BCUT2D eigenvalue weighted by Crippen LogP contribution is 2.31. The van der Waals surface area contributed by atoms with E-state index in [-0.39, 0.29) is 24.5 Å². The van der Waals surface area contributed by atoms with Gasteiger partial charge in [-0.05, 0) is 50.2 Å². The van der Waals surface area contributed by atoms with Crippen molar-refractivity contribution in [3.05, 3.63) is 89.7 Å². The number of carbonyl (C=O) groups is 2. The van der Waals surface area contributed by atoms with Crippen LogP contribution in [0.4, 0.5) is 5.69 Å². The van der Waals surface area contributed by atoms with Crippen molar-refractivity contribution < 1.29 is 19.4 Å². The highest BCUT2D eigenvalue weighted by molar-refractivity contribution is 6.07. The summed E-state index contributed by atoms with van der Waals surface area (Å²) in [6.07, 6.45) is 3.84. The van der Waals surface area contributed by atoms with Crippen molar-refractivity contribution in [2.45, 2.75) is 32.9 Å². The van der Waals surface area contributed by atoms with Gasteiger partial charge in [0.25, 0.3) is 11.8 Å². The molecule has 1 unspecified atom stereocenters. The van der Waals surface area contributed by atoms with E-state index in [1.165, 1.54) is 5.56 Å². The molecule has 0 aliphatic carbocycles. The summed E-state index contributed by atoms with van der Waals surface area (Å²) in [6, 6.07) is 18.2. The first-order chi connectivity index (χ1) is 17.9. The average molecular weight is 505 g/mol. The van der Waals surface area contributed by atoms with E-state index in [0.717, 1.165) is 13.0 Å². The number of rotatable bonds is 13. The van der Waals surface area contributed by atoms with Crippen molar-refractivity contribution in [2.75, 3.05) is 38.7 Å². The smallest absolute Gasteiger partial charge is 0.258 e. The molecule has 1 heterocycles. The Kier molecular flexibility index (Phi) is 10.6. The Balaban J connectivity index is 1.84. The highest BCUT2D eigenvalue weighted by Gasteiger charge is 2.25. The molecule has 0 aliphatic rings.